The lowest BCUT2D eigenvalue weighted by Gasteiger charge is -2.34. The third-order valence-electron chi connectivity index (χ3n) is 6.21. The lowest BCUT2D eigenvalue weighted by atomic mass is 9.92. The highest BCUT2D eigenvalue weighted by Crippen LogP contribution is 2.26. The van der Waals surface area contributed by atoms with Gasteiger partial charge in [0.1, 0.15) is 0 Å². The molecule has 0 unspecified atom stereocenters. The summed E-state index contributed by atoms with van der Waals surface area (Å²) in [6.45, 7) is 1.25. The summed E-state index contributed by atoms with van der Waals surface area (Å²) >= 11 is 0. The van der Waals surface area contributed by atoms with Crippen LogP contribution < -0.4 is 0 Å². The van der Waals surface area contributed by atoms with E-state index in [1.807, 2.05) is 18.2 Å². The lowest BCUT2D eigenvalue weighted by molar-refractivity contribution is -0.132. The van der Waals surface area contributed by atoms with Crippen LogP contribution in [0.3, 0.4) is 0 Å². The molecule has 2 aromatic carbocycles. The minimum absolute atomic E-state index is 0.0532. The van der Waals surface area contributed by atoms with E-state index in [-0.39, 0.29) is 37.6 Å². The molecule has 2 aromatic rings. The molecule has 1 heterocycles. The van der Waals surface area contributed by atoms with Crippen LogP contribution >= 0.6 is 0 Å². The number of hydrogen-bond acceptors (Lipinski definition) is 4. The average Bonchev–Trinajstić information content (AvgIpc) is 2.82. The maximum Gasteiger partial charge on any atom is 0.243 e. The maximum absolute atomic E-state index is 13.1. The Kier molecular flexibility index (Phi) is 6.53. The highest BCUT2D eigenvalue weighted by atomic mass is 32.2. The number of nitrogens with zero attached hydrogens (tertiary/aromatic N) is 2. The van der Waals surface area contributed by atoms with Crippen LogP contribution in [0.1, 0.15) is 47.2 Å². The van der Waals surface area contributed by atoms with Gasteiger partial charge in [-0.05, 0) is 48.9 Å². The Morgan fingerprint density at radius 3 is 2.19 bits per heavy atom. The summed E-state index contributed by atoms with van der Waals surface area (Å²) in [5, 5.41) is 0. The number of Topliss-reactive ketones (excluding diaryl/α,β-unsaturated/α-hetero) is 1. The molecule has 6 nitrogen and oxygen atoms in total. The van der Waals surface area contributed by atoms with E-state index in [1.165, 1.54) is 9.87 Å². The predicted molar refractivity (Wildman–Crippen MR) is 118 cm³/mol. The Morgan fingerprint density at radius 2 is 1.48 bits per heavy atom. The fraction of sp³-hybridized carbons (Fsp3) is 0.417. The van der Waals surface area contributed by atoms with Crippen molar-refractivity contribution in [3.05, 3.63) is 65.2 Å². The van der Waals surface area contributed by atoms with Crippen molar-refractivity contribution in [3.8, 4) is 0 Å². The molecule has 0 spiro atoms. The summed E-state index contributed by atoms with van der Waals surface area (Å²) < 4.78 is 27.7. The standard InChI is InChI=1S/C24H28N2O4S/c27-23(20-7-2-1-3-8-20)12-13-24(28)25-14-16-26(17-15-25)31(29,30)22-11-10-19-6-4-5-9-21(19)18-22/h1-3,7-8,10-11,18H,4-6,9,12-17H2. The van der Waals surface area contributed by atoms with Gasteiger partial charge in [-0.2, -0.15) is 4.31 Å². The second-order valence-corrected chi connectivity index (χ2v) is 10.1. The number of carbonyl (C=O) groups excluding carboxylic acids is 2. The van der Waals surface area contributed by atoms with Crippen LogP contribution in [0.25, 0.3) is 0 Å². The van der Waals surface area contributed by atoms with Gasteiger partial charge in [0.2, 0.25) is 15.9 Å². The van der Waals surface area contributed by atoms with Crippen molar-refractivity contribution in [1.29, 1.82) is 0 Å². The zero-order valence-electron chi connectivity index (χ0n) is 17.6. The molecule has 0 radical (unpaired) electrons. The number of sulfonamides is 1. The topological polar surface area (TPSA) is 74.8 Å². The molecular formula is C24H28N2O4S. The Balaban J connectivity index is 1.32. The number of benzene rings is 2. The molecule has 7 heteroatoms. The maximum atomic E-state index is 13.1. The monoisotopic (exact) mass is 440 g/mol. The minimum atomic E-state index is -3.57. The summed E-state index contributed by atoms with van der Waals surface area (Å²) in [6, 6.07) is 14.4. The first-order valence-electron chi connectivity index (χ1n) is 10.9. The van der Waals surface area contributed by atoms with Gasteiger partial charge in [-0.1, -0.05) is 36.4 Å². The van der Waals surface area contributed by atoms with Crippen LogP contribution in [0.5, 0.6) is 0 Å². The highest BCUT2D eigenvalue weighted by molar-refractivity contribution is 7.89. The molecule has 0 saturated carbocycles. The molecule has 1 aliphatic heterocycles. The SMILES string of the molecule is O=C(CCC(=O)N1CCN(S(=O)(=O)c2ccc3c(c2)CCCC3)CC1)c1ccccc1. The third-order valence-corrected chi connectivity index (χ3v) is 8.11. The van der Waals surface area contributed by atoms with Crippen molar-refractivity contribution in [2.45, 2.75) is 43.4 Å². The quantitative estimate of drug-likeness (QED) is 0.647. The molecular weight excluding hydrogens is 412 g/mol. The largest absolute Gasteiger partial charge is 0.340 e. The van der Waals surface area contributed by atoms with E-state index < -0.39 is 10.0 Å². The van der Waals surface area contributed by atoms with E-state index in [9.17, 15) is 18.0 Å². The molecule has 164 valence electrons. The summed E-state index contributed by atoms with van der Waals surface area (Å²) in [4.78, 5) is 26.8. The van der Waals surface area contributed by atoms with E-state index >= 15 is 0 Å². The number of carbonyl (C=O) groups is 2. The van der Waals surface area contributed by atoms with Crippen LogP contribution in [0.2, 0.25) is 0 Å². The van der Waals surface area contributed by atoms with Crippen LogP contribution in [-0.4, -0.2) is 55.5 Å². The number of rotatable bonds is 6. The Bertz CT molecular complexity index is 1060. The van der Waals surface area contributed by atoms with E-state index in [0.29, 0.717) is 23.5 Å². The van der Waals surface area contributed by atoms with Crippen molar-refractivity contribution in [1.82, 2.24) is 9.21 Å². The first-order chi connectivity index (χ1) is 14.9. The lowest BCUT2D eigenvalue weighted by Crippen LogP contribution is -2.50. The average molecular weight is 441 g/mol. The van der Waals surface area contributed by atoms with Crippen LogP contribution in [0.4, 0.5) is 0 Å². The molecule has 1 amide bonds. The fourth-order valence-electron chi connectivity index (χ4n) is 4.34. The second-order valence-electron chi connectivity index (χ2n) is 8.21. The van der Waals surface area contributed by atoms with E-state index in [0.717, 1.165) is 31.2 Å². The molecule has 31 heavy (non-hydrogen) atoms. The van der Waals surface area contributed by atoms with Gasteiger partial charge in [-0.25, -0.2) is 8.42 Å². The van der Waals surface area contributed by atoms with Crippen molar-refractivity contribution in [3.63, 3.8) is 0 Å². The first-order valence-corrected chi connectivity index (χ1v) is 12.4. The normalized spacial score (nSPS) is 17.2. The van der Waals surface area contributed by atoms with Gasteiger partial charge in [0.15, 0.2) is 5.78 Å². The van der Waals surface area contributed by atoms with Gasteiger partial charge in [0.05, 0.1) is 4.90 Å². The summed E-state index contributed by atoms with van der Waals surface area (Å²) in [6.07, 6.45) is 4.52. The van der Waals surface area contributed by atoms with Crippen LogP contribution in [-0.2, 0) is 27.7 Å². The second kappa shape index (κ2) is 9.32. The molecule has 0 bridgehead atoms. The van der Waals surface area contributed by atoms with Gasteiger partial charge in [-0.3, -0.25) is 9.59 Å². The number of aryl methyl sites for hydroxylation is 2. The van der Waals surface area contributed by atoms with Crippen molar-refractivity contribution >= 4 is 21.7 Å². The molecule has 0 aromatic heterocycles. The van der Waals surface area contributed by atoms with Crippen LogP contribution in [0.15, 0.2) is 53.4 Å². The molecule has 0 atom stereocenters. The third kappa shape index (κ3) is 4.88. The van der Waals surface area contributed by atoms with Gasteiger partial charge in [0, 0.05) is 44.6 Å². The number of amides is 1. The minimum Gasteiger partial charge on any atom is -0.340 e. The van der Waals surface area contributed by atoms with Crippen LogP contribution in [0, 0.1) is 0 Å². The Hall–Kier alpha value is -2.51. The number of fused-ring (bicyclic) bond motifs is 1. The zero-order chi connectivity index (χ0) is 21.8. The number of piperazine rings is 1. The summed E-state index contributed by atoms with van der Waals surface area (Å²) in [7, 11) is -3.57. The Labute approximate surface area is 183 Å². The van der Waals surface area contributed by atoms with E-state index in [1.54, 1.807) is 35.2 Å². The first kappa shape index (κ1) is 21.7. The smallest absolute Gasteiger partial charge is 0.243 e. The van der Waals surface area contributed by atoms with Crippen molar-refractivity contribution in [2.24, 2.45) is 0 Å². The molecule has 2 aliphatic rings. The number of hydrogen-bond donors (Lipinski definition) is 0. The highest BCUT2D eigenvalue weighted by Gasteiger charge is 2.30. The molecule has 1 fully saturated rings. The van der Waals surface area contributed by atoms with Crippen molar-refractivity contribution < 1.29 is 18.0 Å². The molecule has 4 rings (SSSR count). The van der Waals surface area contributed by atoms with E-state index in [2.05, 4.69) is 0 Å². The van der Waals surface area contributed by atoms with Gasteiger partial charge in [0.25, 0.3) is 0 Å². The van der Waals surface area contributed by atoms with E-state index in [4.69, 9.17) is 0 Å². The molecule has 1 aliphatic carbocycles. The van der Waals surface area contributed by atoms with Crippen molar-refractivity contribution in [2.75, 3.05) is 26.2 Å². The fourth-order valence-corrected chi connectivity index (χ4v) is 5.82. The predicted octanol–water partition coefficient (Wildman–Crippen LogP) is 3.06. The van der Waals surface area contributed by atoms with Gasteiger partial charge in [-0.15, -0.1) is 0 Å². The zero-order valence-corrected chi connectivity index (χ0v) is 18.4. The molecule has 0 N–H and O–H groups in total. The van der Waals surface area contributed by atoms with Gasteiger partial charge >= 0.3 is 0 Å². The molecule has 1 saturated heterocycles. The van der Waals surface area contributed by atoms with Gasteiger partial charge < -0.3 is 4.90 Å². The Morgan fingerprint density at radius 1 is 0.806 bits per heavy atom. The summed E-state index contributed by atoms with van der Waals surface area (Å²) in [5.74, 6) is -0.155. The number of ketones is 1. The summed E-state index contributed by atoms with van der Waals surface area (Å²) in [5.41, 5.74) is 3.01.